The summed E-state index contributed by atoms with van der Waals surface area (Å²) in [7, 11) is 0. The van der Waals surface area contributed by atoms with Gasteiger partial charge < -0.3 is 10.4 Å². The van der Waals surface area contributed by atoms with Crippen LogP contribution in [0.4, 0.5) is 11.4 Å². The van der Waals surface area contributed by atoms with E-state index in [4.69, 9.17) is 0 Å². The summed E-state index contributed by atoms with van der Waals surface area (Å²) in [6.45, 7) is 4.41. The summed E-state index contributed by atoms with van der Waals surface area (Å²) < 4.78 is 1.77. The quantitative estimate of drug-likeness (QED) is 0.485. The van der Waals surface area contributed by atoms with Gasteiger partial charge in [0.2, 0.25) is 5.88 Å². The van der Waals surface area contributed by atoms with Gasteiger partial charge in [0.15, 0.2) is 5.69 Å². The van der Waals surface area contributed by atoms with Crippen LogP contribution in [0, 0.1) is 6.92 Å². The van der Waals surface area contributed by atoms with E-state index in [2.05, 4.69) is 20.4 Å². The Bertz CT molecular complexity index is 1130. The van der Waals surface area contributed by atoms with Gasteiger partial charge in [0.1, 0.15) is 0 Å². The van der Waals surface area contributed by atoms with Crippen molar-refractivity contribution in [3.8, 4) is 5.88 Å². The summed E-state index contributed by atoms with van der Waals surface area (Å²) in [6, 6.07) is 14.5. The number of benzene rings is 2. The van der Waals surface area contributed by atoms with Gasteiger partial charge in [-0.1, -0.05) is 42.3 Å². The molecule has 3 aromatic rings. The number of nitrogens with zero attached hydrogens (tertiary/aromatic N) is 4. The van der Waals surface area contributed by atoms with Crippen molar-refractivity contribution >= 4 is 34.1 Å². The summed E-state index contributed by atoms with van der Waals surface area (Å²) in [5, 5.41) is 21.5. The number of amides is 2. The number of azo groups is 1. The standard InChI is InChI=1S/C23H25N5O3/c1-16-9-11-17(12-10-16)24-21(29)22(30)26-25-20-18-7-3-4-8-19(18)28(23(20)31)15-27-13-5-2-6-14-27/h3-4,7-12,31H,2,5-6,13-15H2,1H3,(H,24,29). The average Bonchev–Trinajstić information content (AvgIpc) is 3.05. The third-order valence-electron chi connectivity index (χ3n) is 5.45. The van der Waals surface area contributed by atoms with Gasteiger partial charge in [0.05, 0.1) is 12.2 Å². The Morgan fingerprint density at radius 2 is 1.74 bits per heavy atom. The first-order valence-corrected chi connectivity index (χ1v) is 10.4. The minimum Gasteiger partial charge on any atom is -0.493 e. The number of carbonyl (C=O) groups excluding carboxylic acids is 2. The molecule has 8 nitrogen and oxygen atoms in total. The maximum absolute atomic E-state index is 12.2. The molecule has 0 saturated carbocycles. The molecule has 1 aromatic heterocycles. The van der Waals surface area contributed by atoms with Crippen molar-refractivity contribution < 1.29 is 14.7 Å². The third-order valence-corrected chi connectivity index (χ3v) is 5.45. The molecule has 2 aromatic carbocycles. The van der Waals surface area contributed by atoms with Crippen molar-refractivity contribution in [2.75, 3.05) is 18.4 Å². The van der Waals surface area contributed by atoms with Crippen LogP contribution in [-0.4, -0.2) is 39.5 Å². The summed E-state index contributed by atoms with van der Waals surface area (Å²) >= 11 is 0. The fraction of sp³-hybridized carbons (Fsp3) is 0.304. The highest BCUT2D eigenvalue weighted by Gasteiger charge is 2.20. The Morgan fingerprint density at radius 3 is 2.48 bits per heavy atom. The summed E-state index contributed by atoms with van der Waals surface area (Å²) in [4.78, 5) is 26.6. The minimum absolute atomic E-state index is 0.0673. The first-order chi connectivity index (χ1) is 15.0. The van der Waals surface area contributed by atoms with E-state index in [-0.39, 0.29) is 11.6 Å². The predicted octanol–water partition coefficient (Wildman–Crippen LogP) is 4.35. The normalized spacial score (nSPS) is 14.9. The van der Waals surface area contributed by atoms with E-state index >= 15 is 0 Å². The fourth-order valence-corrected chi connectivity index (χ4v) is 3.78. The topological polar surface area (TPSA) is 99.3 Å². The summed E-state index contributed by atoms with van der Waals surface area (Å²) in [5.41, 5.74) is 2.53. The Labute approximate surface area is 180 Å². The summed E-state index contributed by atoms with van der Waals surface area (Å²) in [6.07, 6.45) is 3.50. The van der Waals surface area contributed by atoms with E-state index in [0.717, 1.165) is 37.0 Å². The van der Waals surface area contributed by atoms with Crippen LogP contribution >= 0.6 is 0 Å². The number of aryl methyl sites for hydroxylation is 1. The monoisotopic (exact) mass is 419 g/mol. The van der Waals surface area contributed by atoms with Crippen molar-refractivity contribution in [3.63, 3.8) is 0 Å². The lowest BCUT2D eigenvalue weighted by Gasteiger charge is -2.27. The molecule has 4 rings (SSSR count). The Morgan fingerprint density at radius 1 is 1.03 bits per heavy atom. The van der Waals surface area contributed by atoms with Crippen LogP contribution in [0.15, 0.2) is 58.8 Å². The fourth-order valence-electron chi connectivity index (χ4n) is 3.78. The number of piperidine rings is 1. The number of nitrogens with one attached hydrogen (secondary N) is 1. The third kappa shape index (κ3) is 4.64. The lowest BCUT2D eigenvalue weighted by molar-refractivity contribution is -0.134. The van der Waals surface area contributed by atoms with Gasteiger partial charge in [-0.25, -0.2) is 0 Å². The van der Waals surface area contributed by atoms with Crippen LogP contribution in [-0.2, 0) is 16.3 Å². The minimum atomic E-state index is -1.03. The number of hydrogen-bond acceptors (Lipinski definition) is 5. The average molecular weight is 419 g/mol. The SMILES string of the molecule is Cc1ccc(NC(=O)C(=O)N=Nc2c(O)n(CN3CCCCC3)c3ccccc23)cc1. The second-order valence-electron chi connectivity index (χ2n) is 7.76. The molecule has 1 saturated heterocycles. The number of para-hydroxylation sites is 1. The lowest BCUT2D eigenvalue weighted by atomic mass is 10.1. The highest BCUT2D eigenvalue weighted by molar-refractivity contribution is 6.40. The number of rotatable bonds is 4. The second-order valence-corrected chi connectivity index (χ2v) is 7.76. The molecule has 1 fully saturated rings. The molecule has 0 radical (unpaired) electrons. The number of aromatic nitrogens is 1. The van der Waals surface area contributed by atoms with Crippen molar-refractivity contribution in [1.82, 2.24) is 9.47 Å². The van der Waals surface area contributed by atoms with Crippen LogP contribution in [0.2, 0.25) is 0 Å². The zero-order chi connectivity index (χ0) is 21.8. The zero-order valence-electron chi connectivity index (χ0n) is 17.4. The number of likely N-dealkylation sites (tertiary alicyclic amines) is 1. The summed E-state index contributed by atoms with van der Waals surface area (Å²) in [5.74, 6) is -1.99. The molecule has 0 aliphatic carbocycles. The van der Waals surface area contributed by atoms with Crippen LogP contribution in [0.1, 0.15) is 24.8 Å². The number of fused-ring (bicyclic) bond motifs is 1. The molecular weight excluding hydrogens is 394 g/mol. The van der Waals surface area contributed by atoms with E-state index in [1.165, 1.54) is 6.42 Å². The number of carbonyl (C=O) groups is 2. The first-order valence-electron chi connectivity index (χ1n) is 10.4. The Hall–Kier alpha value is -3.52. The molecule has 0 unspecified atom stereocenters. The van der Waals surface area contributed by atoms with Gasteiger partial charge >= 0.3 is 11.8 Å². The molecule has 1 aliphatic rings. The van der Waals surface area contributed by atoms with Gasteiger partial charge in [-0.3, -0.25) is 19.1 Å². The molecular formula is C23H25N5O3. The van der Waals surface area contributed by atoms with Crippen molar-refractivity contribution in [3.05, 3.63) is 54.1 Å². The molecule has 0 atom stereocenters. The van der Waals surface area contributed by atoms with Crippen molar-refractivity contribution in [1.29, 1.82) is 0 Å². The van der Waals surface area contributed by atoms with Gasteiger partial charge in [0, 0.05) is 11.1 Å². The van der Waals surface area contributed by atoms with Gasteiger partial charge in [0.25, 0.3) is 0 Å². The zero-order valence-corrected chi connectivity index (χ0v) is 17.4. The highest BCUT2D eigenvalue weighted by atomic mass is 16.3. The van der Waals surface area contributed by atoms with Crippen LogP contribution in [0.5, 0.6) is 5.88 Å². The van der Waals surface area contributed by atoms with Crippen LogP contribution in [0.3, 0.4) is 0 Å². The Kier molecular flexibility index (Phi) is 6.08. The largest absolute Gasteiger partial charge is 0.493 e. The lowest BCUT2D eigenvalue weighted by Crippen LogP contribution is -2.31. The Balaban J connectivity index is 1.55. The molecule has 0 spiro atoms. The van der Waals surface area contributed by atoms with E-state index in [0.29, 0.717) is 17.7 Å². The molecule has 0 bridgehead atoms. The maximum atomic E-state index is 12.2. The molecule has 2 amide bonds. The predicted molar refractivity (Wildman–Crippen MR) is 118 cm³/mol. The van der Waals surface area contributed by atoms with Crippen LogP contribution < -0.4 is 5.32 Å². The number of aromatic hydroxyl groups is 1. The second kappa shape index (κ2) is 9.09. The molecule has 2 heterocycles. The van der Waals surface area contributed by atoms with Gasteiger partial charge in [-0.05, 0) is 51.1 Å². The van der Waals surface area contributed by atoms with E-state index < -0.39 is 11.8 Å². The van der Waals surface area contributed by atoms with Gasteiger partial charge in [-0.15, -0.1) is 10.2 Å². The van der Waals surface area contributed by atoms with E-state index in [1.807, 2.05) is 43.3 Å². The maximum Gasteiger partial charge on any atom is 0.353 e. The van der Waals surface area contributed by atoms with E-state index in [9.17, 15) is 14.7 Å². The molecule has 8 heteroatoms. The molecule has 160 valence electrons. The highest BCUT2D eigenvalue weighted by Crippen LogP contribution is 2.39. The number of anilines is 1. The molecule has 31 heavy (non-hydrogen) atoms. The smallest absolute Gasteiger partial charge is 0.353 e. The van der Waals surface area contributed by atoms with Crippen molar-refractivity contribution in [2.45, 2.75) is 32.9 Å². The van der Waals surface area contributed by atoms with Crippen LogP contribution in [0.25, 0.3) is 10.9 Å². The molecule has 1 aliphatic heterocycles. The number of hydrogen-bond donors (Lipinski definition) is 2. The van der Waals surface area contributed by atoms with E-state index in [1.54, 1.807) is 16.7 Å². The first kappa shape index (κ1) is 20.7. The van der Waals surface area contributed by atoms with Gasteiger partial charge in [-0.2, -0.15) is 0 Å². The van der Waals surface area contributed by atoms with Crippen molar-refractivity contribution in [2.24, 2.45) is 10.2 Å². The molecule has 2 N–H and O–H groups in total.